The first-order chi connectivity index (χ1) is 11.2. The summed E-state index contributed by atoms with van der Waals surface area (Å²) in [6.07, 6.45) is 1.74. The van der Waals surface area contributed by atoms with Crippen LogP contribution in [0.15, 0.2) is 60.8 Å². The Morgan fingerprint density at radius 2 is 1.83 bits per heavy atom. The molecule has 0 fully saturated rings. The second-order valence-electron chi connectivity index (χ2n) is 4.94. The molecule has 2 aromatic heterocycles. The van der Waals surface area contributed by atoms with Gasteiger partial charge in [0.25, 0.3) is 5.91 Å². The van der Waals surface area contributed by atoms with Crippen molar-refractivity contribution in [3.8, 4) is 0 Å². The van der Waals surface area contributed by atoms with Gasteiger partial charge >= 0.3 is 5.97 Å². The number of benzene rings is 1. The van der Waals surface area contributed by atoms with E-state index in [9.17, 15) is 9.59 Å². The molecule has 0 aliphatic heterocycles. The smallest absolute Gasteiger partial charge is 0.355 e. The standard InChI is InChI=1S/C18H16N2O3/c1-2-23-18(22)16-12-14(15-10-6-7-11-20(15)16)17(21)19-13-8-4-3-5-9-13/h3-12H,2H2,1H3,(H,19,21). The SMILES string of the molecule is CCOC(=O)c1cc(C(=O)Nc2ccccc2)c2ccccn12. The lowest BCUT2D eigenvalue weighted by molar-refractivity contribution is 0.0518. The molecule has 0 radical (unpaired) electrons. The fourth-order valence-electron chi connectivity index (χ4n) is 2.42. The van der Waals surface area contributed by atoms with Crippen LogP contribution in [0.25, 0.3) is 5.52 Å². The lowest BCUT2D eigenvalue weighted by atomic mass is 10.2. The minimum atomic E-state index is -0.451. The van der Waals surface area contributed by atoms with Crippen molar-refractivity contribution >= 4 is 23.1 Å². The highest BCUT2D eigenvalue weighted by atomic mass is 16.5. The molecule has 0 aliphatic rings. The molecule has 0 saturated carbocycles. The van der Waals surface area contributed by atoms with Gasteiger partial charge in [-0.25, -0.2) is 4.79 Å². The zero-order chi connectivity index (χ0) is 16.2. The van der Waals surface area contributed by atoms with E-state index < -0.39 is 5.97 Å². The summed E-state index contributed by atoms with van der Waals surface area (Å²) in [6.45, 7) is 2.03. The van der Waals surface area contributed by atoms with Crippen molar-refractivity contribution in [3.63, 3.8) is 0 Å². The average molecular weight is 308 g/mol. The number of carbonyl (C=O) groups excluding carboxylic acids is 2. The maximum Gasteiger partial charge on any atom is 0.355 e. The predicted molar refractivity (Wildman–Crippen MR) is 87.7 cm³/mol. The average Bonchev–Trinajstić information content (AvgIpc) is 2.96. The number of nitrogens with zero attached hydrogens (tertiary/aromatic N) is 1. The Hall–Kier alpha value is -3.08. The largest absolute Gasteiger partial charge is 0.461 e. The molecule has 1 amide bonds. The van der Waals surface area contributed by atoms with Crippen LogP contribution in [-0.4, -0.2) is 22.9 Å². The molecule has 2 heterocycles. The lowest BCUT2D eigenvalue weighted by Crippen LogP contribution is -2.11. The Bertz CT molecular complexity index is 853. The fourth-order valence-corrected chi connectivity index (χ4v) is 2.42. The summed E-state index contributed by atoms with van der Waals surface area (Å²) >= 11 is 0. The number of carbonyl (C=O) groups is 2. The van der Waals surface area contributed by atoms with E-state index in [1.54, 1.807) is 35.7 Å². The second-order valence-corrected chi connectivity index (χ2v) is 4.94. The van der Waals surface area contributed by atoms with E-state index >= 15 is 0 Å². The number of fused-ring (bicyclic) bond motifs is 1. The highest BCUT2D eigenvalue weighted by Crippen LogP contribution is 2.19. The van der Waals surface area contributed by atoms with Crippen LogP contribution in [0.5, 0.6) is 0 Å². The molecular formula is C18H16N2O3. The van der Waals surface area contributed by atoms with Crippen LogP contribution >= 0.6 is 0 Å². The van der Waals surface area contributed by atoms with Crippen molar-refractivity contribution in [1.82, 2.24) is 4.40 Å². The van der Waals surface area contributed by atoms with Crippen LogP contribution in [0, 0.1) is 0 Å². The predicted octanol–water partition coefficient (Wildman–Crippen LogP) is 3.37. The Morgan fingerprint density at radius 1 is 1.09 bits per heavy atom. The van der Waals surface area contributed by atoms with Gasteiger partial charge in [0.15, 0.2) is 0 Å². The minimum Gasteiger partial charge on any atom is -0.461 e. The molecule has 0 spiro atoms. The lowest BCUT2D eigenvalue weighted by Gasteiger charge is -2.04. The first-order valence-corrected chi connectivity index (χ1v) is 7.34. The number of pyridine rings is 1. The summed E-state index contributed by atoms with van der Waals surface area (Å²) in [5.41, 5.74) is 2.12. The van der Waals surface area contributed by atoms with E-state index in [2.05, 4.69) is 5.32 Å². The number of aromatic nitrogens is 1. The molecule has 0 bridgehead atoms. The minimum absolute atomic E-state index is 0.268. The van der Waals surface area contributed by atoms with Crippen molar-refractivity contribution < 1.29 is 14.3 Å². The van der Waals surface area contributed by atoms with Gasteiger partial charge < -0.3 is 14.5 Å². The Balaban J connectivity index is 2.00. The number of amides is 1. The summed E-state index contributed by atoms with van der Waals surface area (Å²) in [4.78, 5) is 24.6. The van der Waals surface area contributed by atoms with E-state index in [-0.39, 0.29) is 12.5 Å². The van der Waals surface area contributed by atoms with Gasteiger partial charge in [-0.1, -0.05) is 24.3 Å². The number of rotatable bonds is 4. The summed E-state index contributed by atoms with van der Waals surface area (Å²) in [5, 5.41) is 2.83. The van der Waals surface area contributed by atoms with Crippen LogP contribution in [0.2, 0.25) is 0 Å². The topological polar surface area (TPSA) is 59.8 Å². The van der Waals surface area contributed by atoms with Crippen molar-refractivity contribution in [3.05, 3.63) is 72.1 Å². The quantitative estimate of drug-likeness (QED) is 0.752. The van der Waals surface area contributed by atoms with Crippen molar-refractivity contribution in [2.75, 3.05) is 11.9 Å². The molecule has 23 heavy (non-hydrogen) atoms. The zero-order valence-corrected chi connectivity index (χ0v) is 12.7. The number of nitrogens with one attached hydrogen (secondary N) is 1. The second kappa shape index (κ2) is 6.36. The Kier molecular flexibility index (Phi) is 4.10. The van der Waals surface area contributed by atoms with E-state index in [4.69, 9.17) is 4.74 Å². The maximum absolute atomic E-state index is 12.5. The molecular weight excluding hydrogens is 292 g/mol. The molecule has 3 aromatic rings. The molecule has 5 heteroatoms. The molecule has 116 valence electrons. The van der Waals surface area contributed by atoms with Crippen LogP contribution in [0.4, 0.5) is 5.69 Å². The summed E-state index contributed by atoms with van der Waals surface area (Å²) < 4.78 is 6.72. The van der Waals surface area contributed by atoms with Crippen LogP contribution < -0.4 is 5.32 Å². The van der Waals surface area contributed by atoms with Gasteiger partial charge in [0.1, 0.15) is 5.69 Å². The molecule has 0 aliphatic carbocycles. The molecule has 3 rings (SSSR count). The summed E-state index contributed by atoms with van der Waals surface area (Å²) in [5.74, 6) is -0.720. The van der Waals surface area contributed by atoms with Crippen molar-refractivity contribution in [2.24, 2.45) is 0 Å². The monoisotopic (exact) mass is 308 g/mol. The molecule has 1 aromatic carbocycles. The number of hydrogen-bond acceptors (Lipinski definition) is 3. The van der Waals surface area contributed by atoms with Gasteiger partial charge in [-0.3, -0.25) is 4.79 Å². The first-order valence-electron chi connectivity index (χ1n) is 7.34. The number of esters is 1. The zero-order valence-electron chi connectivity index (χ0n) is 12.7. The highest BCUT2D eigenvalue weighted by molar-refractivity contribution is 6.10. The maximum atomic E-state index is 12.5. The molecule has 0 saturated heterocycles. The van der Waals surface area contributed by atoms with E-state index in [0.717, 1.165) is 0 Å². The van der Waals surface area contributed by atoms with E-state index in [1.807, 2.05) is 36.4 Å². The first kappa shape index (κ1) is 14.8. The van der Waals surface area contributed by atoms with Gasteiger partial charge in [-0.15, -0.1) is 0 Å². The van der Waals surface area contributed by atoms with Crippen LogP contribution in [0.1, 0.15) is 27.8 Å². The third-order valence-corrected chi connectivity index (χ3v) is 3.44. The van der Waals surface area contributed by atoms with Crippen molar-refractivity contribution in [2.45, 2.75) is 6.92 Å². The van der Waals surface area contributed by atoms with E-state index in [0.29, 0.717) is 22.5 Å². The van der Waals surface area contributed by atoms with Gasteiger partial charge in [-0.2, -0.15) is 0 Å². The van der Waals surface area contributed by atoms with Gasteiger partial charge in [0.2, 0.25) is 0 Å². The fraction of sp³-hybridized carbons (Fsp3) is 0.111. The number of anilines is 1. The molecule has 0 unspecified atom stereocenters. The number of para-hydroxylation sites is 1. The van der Waals surface area contributed by atoms with Gasteiger partial charge in [0.05, 0.1) is 17.7 Å². The third kappa shape index (κ3) is 2.94. The van der Waals surface area contributed by atoms with Gasteiger partial charge in [-0.05, 0) is 37.3 Å². The third-order valence-electron chi connectivity index (χ3n) is 3.44. The highest BCUT2D eigenvalue weighted by Gasteiger charge is 2.20. The number of hydrogen-bond donors (Lipinski definition) is 1. The number of ether oxygens (including phenoxy) is 1. The molecule has 1 N–H and O–H groups in total. The van der Waals surface area contributed by atoms with Crippen LogP contribution in [0.3, 0.4) is 0 Å². The normalized spacial score (nSPS) is 10.5. The van der Waals surface area contributed by atoms with E-state index in [1.165, 1.54) is 0 Å². The summed E-state index contributed by atoms with van der Waals surface area (Å²) in [6, 6.07) is 16.2. The van der Waals surface area contributed by atoms with Crippen LogP contribution in [-0.2, 0) is 4.74 Å². The Morgan fingerprint density at radius 3 is 2.57 bits per heavy atom. The summed E-state index contributed by atoms with van der Waals surface area (Å²) in [7, 11) is 0. The van der Waals surface area contributed by atoms with Crippen molar-refractivity contribution in [1.29, 1.82) is 0 Å². The molecule has 0 atom stereocenters. The molecule has 5 nitrogen and oxygen atoms in total. The Labute approximate surface area is 133 Å². The van der Waals surface area contributed by atoms with Gasteiger partial charge in [0, 0.05) is 11.9 Å².